The second-order valence-electron chi connectivity index (χ2n) is 15.2. The Morgan fingerprint density at radius 2 is 1.25 bits per heavy atom. The first-order chi connectivity index (χ1) is 26.8. The molecule has 0 saturated carbocycles. The van der Waals surface area contributed by atoms with Gasteiger partial charge in [0.2, 0.25) is 0 Å². The van der Waals surface area contributed by atoms with Crippen LogP contribution in [0, 0.1) is 13.8 Å². The first-order valence-electron chi connectivity index (χ1n) is 19.5. The molecule has 0 aromatic heterocycles. The van der Waals surface area contributed by atoms with Gasteiger partial charge in [0.05, 0.1) is 0 Å². The van der Waals surface area contributed by atoms with Crippen LogP contribution in [0.25, 0.3) is 0 Å². The van der Waals surface area contributed by atoms with E-state index in [-0.39, 0.29) is 0 Å². The van der Waals surface area contributed by atoms with Gasteiger partial charge in [0.1, 0.15) is 17.2 Å². The average molecular weight is 730 g/mol. The standard InChI is InChI=1S/C49H51N3O3/c1-6-50(43-14-8-7-11-35(2)25-43)32-53-46-21-17-40(18-22-46)49(5,41-19-23-47-38(28-41)30-51(33-54-47)44-15-9-12-36(3)26-44)42-20-24-48-39(29-42)31-52(34-55-48)45-16-10-13-37(4)27-45/h8-29H,6-7,30-34H2,1-5H3. The van der Waals surface area contributed by atoms with Crippen molar-refractivity contribution in [2.75, 3.05) is 36.5 Å². The van der Waals surface area contributed by atoms with E-state index in [1.165, 1.54) is 61.6 Å². The van der Waals surface area contributed by atoms with Crippen molar-refractivity contribution in [3.63, 3.8) is 0 Å². The van der Waals surface area contributed by atoms with Crippen molar-refractivity contribution in [2.45, 2.75) is 59.5 Å². The van der Waals surface area contributed by atoms with E-state index in [0.717, 1.165) is 43.3 Å². The fourth-order valence-electron chi connectivity index (χ4n) is 7.95. The zero-order chi connectivity index (χ0) is 37.9. The molecule has 0 bridgehead atoms. The third-order valence-electron chi connectivity index (χ3n) is 11.3. The summed E-state index contributed by atoms with van der Waals surface area (Å²) < 4.78 is 19.1. The number of hydrogen-bond acceptors (Lipinski definition) is 6. The lowest BCUT2D eigenvalue weighted by Crippen LogP contribution is -2.33. The zero-order valence-corrected chi connectivity index (χ0v) is 32.7. The predicted molar refractivity (Wildman–Crippen MR) is 224 cm³/mol. The summed E-state index contributed by atoms with van der Waals surface area (Å²) >= 11 is 0. The molecule has 6 heteroatoms. The van der Waals surface area contributed by atoms with Crippen molar-refractivity contribution in [3.05, 3.63) is 184 Å². The van der Waals surface area contributed by atoms with Crippen LogP contribution in [0.3, 0.4) is 0 Å². The van der Waals surface area contributed by atoms with Crippen LogP contribution in [0.4, 0.5) is 11.4 Å². The molecule has 3 aliphatic rings. The molecule has 280 valence electrons. The Bertz CT molecular complexity index is 2160. The van der Waals surface area contributed by atoms with Gasteiger partial charge in [0, 0.05) is 53.2 Å². The topological polar surface area (TPSA) is 37.4 Å². The summed E-state index contributed by atoms with van der Waals surface area (Å²) in [6, 6.07) is 39.5. The first-order valence-corrected chi connectivity index (χ1v) is 19.5. The molecule has 2 aliphatic heterocycles. The van der Waals surface area contributed by atoms with Gasteiger partial charge in [0.25, 0.3) is 0 Å². The van der Waals surface area contributed by atoms with Crippen molar-refractivity contribution < 1.29 is 14.2 Å². The average Bonchev–Trinajstić information content (AvgIpc) is 3.44. The minimum Gasteiger partial charge on any atom is -0.473 e. The third-order valence-corrected chi connectivity index (χ3v) is 11.3. The van der Waals surface area contributed by atoms with Gasteiger partial charge < -0.3 is 28.9 Å². The smallest absolute Gasteiger partial charge is 0.161 e. The number of aryl methyl sites for hydroxylation is 2. The number of nitrogens with zero attached hydrogens (tertiary/aromatic N) is 3. The molecule has 0 radical (unpaired) electrons. The zero-order valence-electron chi connectivity index (χ0n) is 32.7. The van der Waals surface area contributed by atoms with Crippen LogP contribution < -0.4 is 24.0 Å². The van der Waals surface area contributed by atoms with Crippen molar-refractivity contribution >= 4 is 11.4 Å². The fourth-order valence-corrected chi connectivity index (χ4v) is 7.95. The number of hydrogen-bond donors (Lipinski definition) is 0. The van der Waals surface area contributed by atoms with Gasteiger partial charge in [-0.3, -0.25) is 0 Å². The van der Waals surface area contributed by atoms with E-state index in [1.54, 1.807) is 0 Å². The molecule has 0 atom stereocenters. The van der Waals surface area contributed by atoms with Gasteiger partial charge in [-0.1, -0.05) is 66.3 Å². The molecule has 0 spiro atoms. The minimum absolute atomic E-state index is 0.473. The van der Waals surface area contributed by atoms with E-state index in [1.807, 2.05) is 0 Å². The van der Waals surface area contributed by atoms with Crippen molar-refractivity contribution in [2.24, 2.45) is 0 Å². The number of rotatable bonds is 10. The SMILES string of the molecule is CCN(COc1ccc(C(C)(c2ccc3c(c2)CN(c2cccc(C)c2)CO3)c2ccc3c(c2)CN(c2cccc(C)c2)CO3)cc1)C1=CC(C)=CCC=C1. The summed E-state index contributed by atoms with van der Waals surface area (Å²) in [7, 11) is 0. The molecule has 0 fully saturated rings. The lowest BCUT2D eigenvalue weighted by molar-refractivity contribution is 0.169. The summed E-state index contributed by atoms with van der Waals surface area (Å²) in [6.45, 7) is 14.9. The Morgan fingerprint density at radius 3 is 1.80 bits per heavy atom. The number of ether oxygens (including phenoxy) is 3. The quantitative estimate of drug-likeness (QED) is 0.105. The highest BCUT2D eigenvalue weighted by Crippen LogP contribution is 2.44. The van der Waals surface area contributed by atoms with Gasteiger partial charge in [0.15, 0.2) is 20.2 Å². The Kier molecular flexibility index (Phi) is 10.2. The second-order valence-corrected chi connectivity index (χ2v) is 15.2. The summed E-state index contributed by atoms with van der Waals surface area (Å²) in [4.78, 5) is 6.87. The van der Waals surface area contributed by atoms with E-state index >= 15 is 0 Å². The Labute approximate surface area is 326 Å². The van der Waals surface area contributed by atoms with Crippen LogP contribution in [-0.4, -0.2) is 31.6 Å². The van der Waals surface area contributed by atoms with Crippen molar-refractivity contribution in [1.82, 2.24) is 4.90 Å². The van der Waals surface area contributed by atoms with Crippen LogP contribution in [0.1, 0.15) is 66.1 Å². The molecule has 2 heterocycles. The second kappa shape index (κ2) is 15.5. The van der Waals surface area contributed by atoms with Crippen molar-refractivity contribution in [3.8, 4) is 17.2 Å². The lowest BCUT2D eigenvalue weighted by atomic mass is 9.70. The number of benzene rings is 5. The van der Waals surface area contributed by atoms with E-state index in [0.29, 0.717) is 20.2 Å². The molecule has 8 rings (SSSR count). The van der Waals surface area contributed by atoms with E-state index in [9.17, 15) is 0 Å². The maximum Gasteiger partial charge on any atom is 0.161 e. The highest BCUT2D eigenvalue weighted by molar-refractivity contribution is 5.59. The predicted octanol–water partition coefficient (Wildman–Crippen LogP) is 10.8. The van der Waals surface area contributed by atoms with E-state index < -0.39 is 5.41 Å². The monoisotopic (exact) mass is 729 g/mol. The fraction of sp³-hybridized carbons (Fsp3) is 0.265. The lowest BCUT2D eigenvalue weighted by Gasteiger charge is -2.36. The summed E-state index contributed by atoms with van der Waals surface area (Å²) in [5.41, 5.74) is 12.7. The molecule has 5 aromatic rings. The Hall–Kier alpha value is -5.88. The van der Waals surface area contributed by atoms with Gasteiger partial charge >= 0.3 is 0 Å². The summed E-state index contributed by atoms with van der Waals surface area (Å²) in [6.07, 6.45) is 9.84. The van der Waals surface area contributed by atoms with E-state index in [4.69, 9.17) is 14.2 Å². The molecule has 0 saturated heterocycles. The van der Waals surface area contributed by atoms with E-state index in [2.05, 4.69) is 183 Å². The molecule has 0 N–H and O–H groups in total. The highest BCUT2D eigenvalue weighted by atomic mass is 16.5. The molecule has 6 nitrogen and oxygen atoms in total. The maximum atomic E-state index is 6.43. The number of anilines is 2. The Balaban J connectivity index is 1.13. The Morgan fingerprint density at radius 1 is 0.691 bits per heavy atom. The van der Waals surface area contributed by atoms with Gasteiger partial charge in [-0.2, -0.15) is 0 Å². The molecule has 0 unspecified atom stereocenters. The molecular weight excluding hydrogens is 679 g/mol. The summed E-state index contributed by atoms with van der Waals surface area (Å²) in [5, 5.41) is 0. The van der Waals surface area contributed by atoms with Crippen molar-refractivity contribution in [1.29, 1.82) is 0 Å². The number of fused-ring (bicyclic) bond motifs is 2. The van der Waals surface area contributed by atoms with Crippen LogP contribution in [0.5, 0.6) is 17.2 Å². The van der Waals surface area contributed by atoms with Gasteiger partial charge in [-0.25, -0.2) is 0 Å². The van der Waals surface area contributed by atoms with Gasteiger partial charge in [-0.05, 0) is 142 Å². The van der Waals surface area contributed by atoms with Crippen LogP contribution in [0.2, 0.25) is 0 Å². The van der Waals surface area contributed by atoms with Crippen LogP contribution in [0.15, 0.2) is 145 Å². The molecular formula is C49H51N3O3. The maximum absolute atomic E-state index is 6.43. The molecule has 55 heavy (non-hydrogen) atoms. The molecule has 0 amide bonds. The highest BCUT2D eigenvalue weighted by Gasteiger charge is 2.34. The largest absolute Gasteiger partial charge is 0.473 e. The normalized spacial score (nSPS) is 15.1. The molecule has 1 aliphatic carbocycles. The van der Waals surface area contributed by atoms with Gasteiger partial charge in [-0.15, -0.1) is 0 Å². The molecule has 5 aromatic carbocycles. The van der Waals surface area contributed by atoms with Crippen LogP contribution >= 0.6 is 0 Å². The van der Waals surface area contributed by atoms with Crippen LogP contribution in [-0.2, 0) is 18.5 Å². The summed E-state index contributed by atoms with van der Waals surface area (Å²) in [5.74, 6) is 2.72. The first kappa shape index (κ1) is 36.1. The minimum atomic E-state index is -0.491. The number of likely N-dealkylation sites (N-methyl/N-ethyl adjacent to an activating group) is 1. The number of allylic oxidation sites excluding steroid dienone is 5. The third kappa shape index (κ3) is 7.59.